The number of hydrogen-bond acceptors (Lipinski definition) is 3. The number of rotatable bonds is 6. The summed E-state index contributed by atoms with van der Waals surface area (Å²) in [6, 6.07) is 12.6. The number of hydrogen-bond donors (Lipinski definition) is 3. The van der Waals surface area contributed by atoms with E-state index in [1.54, 1.807) is 18.2 Å². The minimum atomic E-state index is -0.262. The van der Waals surface area contributed by atoms with Gasteiger partial charge >= 0.3 is 0 Å². The molecule has 0 aliphatic carbocycles. The van der Waals surface area contributed by atoms with Gasteiger partial charge in [0, 0.05) is 17.3 Å². The van der Waals surface area contributed by atoms with E-state index < -0.39 is 0 Å². The van der Waals surface area contributed by atoms with Crippen molar-refractivity contribution in [3.63, 3.8) is 0 Å². The highest BCUT2D eigenvalue weighted by molar-refractivity contribution is 6.34. The SMILES string of the molecule is CC(C)NC(=O)c1cc(NC(=O)c2ccc(CC3CCNC3)cc2)ccc1Cl. The molecule has 1 unspecified atom stereocenters. The maximum atomic E-state index is 12.6. The van der Waals surface area contributed by atoms with Crippen LogP contribution < -0.4 is 16.0 Å². The van der Waals surface area contributed by atoms with Crippen molar-refractivity contribution in [3.8, 4) is 0 Å². The van der Waals surface area contributed by atoms with E-state index in [2.05, 4.69) is 16.0 Å². The Morgan fingerprint density at radius 2 is 1.89 bits per heavy atom. The van der Waals surface area contributed by atoms with Crippen molar-refractivity contribution in [1.29, 1.82) is 0 Å². The van der Waals surface area contributed by atoms with Crippen LogP contribution in [0.2, 0.25) is 5.02 Å². The Balaban J connectivity index is 1.66. The van der Waals surface area contributed by atoms with Crippen LogP contribution in [-0.2, 0) is 6.42 Å². The predicted octanol–water partition coefficient (Wildman–Crippen LogP) is 3.88. The van der Waals surface area contributed by atoms with Gasteiger partial charge in [-0.1, -0.05) is 23.7 Å². The first kappa shape index (κ1) is 20.4. The Labute approximate surface area is 170 Å². The van der Waals surface area contributed by atoms with Crippen molar-refractivity contribution in [3.05, 3.63) is 64.2 Å². The molecule has 0 aromatic heterocycles. The second-order valence-corrected chi connectivity index (χ2v) is 7.94. The molecule has 1 atom stereocenters. The van der Waals surface area contributed by atoms with Crippen LogP contribution in [0, 0.1) is 5.92 Å². The summed E-state index contributed by atoms with van der Waals surface area (Å²) in [7, 11) is 0. The zero-order valence-corrected chi connectivity index (χ0v) is 17.0. The largest absolute Gasteiger partial charge is 0.350 e. The van der Waals surface area contributed by atoms with Crippen molar-refractivity contribution < 1.29 is 9.59 Å². The summed E-state index contributed by atoms with van der Waals surface area (Å²) in [5.41, 5.74) is 2.69. The van der Waals surface area contributed by atoms with Crippen LogP contribution >= 0.6 is 11.6 Å². The van der Waals surface area contributed by atoms with Crippen molar-refractivity contribution in [1.82, 2.24) is 10.6 Å². The van der Waals surface area contributed by atoms with Gasteiger partial charge in [0.05, 0.1) is 10.6 Å². The molecule has 28 heavy (non-hydrogen) atoms. The van der Waals surface area contributed by atoms with Crippen molar-refractivity contribution >= 4 is 29.1 Å². The van der Waals surface area contributed by atoms with Crippen LogP contribution in [-0.4, -0.2) is 30.9 Å². The minimum absolute atomic E-state index is 0.000317. The summed E-state index contributed by atoms with van der Waals surface area (Å²) in [6.07, 6.45) is 2.23. The zero-order chi connectivity index (χ0) is 20.1. The second-order valence-electron chi connectivity index (χ2n) is 7.54. The fraction of sp³-hybridized carbons (Fsp3) is 0.364. The van der Waals surface area contributed by atoms with E-state index in [1.807, 2.05) is 38.1 Å². The first-order valence-corrected chi connectivity index (χ1v) is 10.0. The summed E-state index contributed by atoms with van der Waals surface area (Å²) in [5.74, 6) is 0.192. The molecule has 2 amide bonds. The van der Waals surface area contributed by atoms with Crippen molar-refractivity contribution in [2.75, 3.05) is 18.4 Å². The van der Waals surface area contributed by atoms with E-state index in [0.717, 1.165) is 19.5 Å². The lowest BCUT2D eigenvalue weighted by Crippen LogP contribution is -2.30. The van der Waals surface area contributed by atoms with Gasteiger partial charge in [-0.25, -0.2) is 0 Å². The Kier molecular flexibility index (Phi) is 6.70. The highest BCUT2D eigenvalue weighted by Gasteiger charge is 2.16. The van der Waals surface area contributed by atoms with Gasteiger partial charge < -0.3 is 16.0 Å². The molecule has 0 spiro atoms. The molecule has 0 radical (unpaired) electrons. The highest BCUT2D eigenvalue weighted by atomic mass is 35.5. The monoisotopic (exact) mass is 399 g/mol. The van der Waals surface area contributed by atoms with E-state index in [9.17, 15) is 9.59 Å². The molecule has 2 aromatic carbocycles. The third kappa shape index (κ3) is 5.33. The molecule has 3 rings (SSSR count). The normalized spacial score (nSPS) is 16.2. The molecule has 3 N–H and O–H groups in total. The van der Waals surface area contributed by atoms with Gasteiger partial charge in [0.1, 0.15) is 0 Å². The maximum Gasteiger partial charge on any atom is 0.255 e. The third-order valence-corrected chi connectivity index (χ3v) is 5.12. The van der Waals surface area contributed by atoms with E-state index in [4.69, 9.17) is 11.6 Å². The maximum absolute atomic E-state index is 12.6. The molecular weight excluding hydrogens is 374 g/mol. The molecule has 0 bridgehead atoms. The fourth-order valence-corrected chi connectivity index (χ4v) is 3.54. The van der Waals surface area contributed by atoms with Crippen molar-refractivity contribution in [2.24, 2.45) is 5.92 Å². The van der Waals surface area contributed by atoms with Crippen LogP contribution in [0.4, 0.5) is 5.69 Å². The number of anilines is 1. The summed E-state index contributed by atoms with van der Waals surface area (Å²) >= 11 is 6.14. The molecule has 5 nitrogen and oxygen atoms in total. The molecule has 2 aromatic rings. The Morgan fingerprint density at radius 1 is 1.14 bits per heavy atom. The average Bonchev–Trinajstić information content (AvgIpc) is 3.16. The number of nitrogens with one attached hydrogen (secondary N) is 3. The van der Waals surface area contributed by atoms with E-state index in [1.165, 1.54) is 12.0 Å². The van der Waals surface area contributed by atoms with Crippen LogP contribution in [0.1, 0.15) is 46.5 Å². The molecule has 148 valence electrons. The second kappa shape index (κ2) is 9.22. The molecular formula is C22H26ClN3O2. The van der Waals surface area contributed by atoms with Gasteiger partial charge in [0.2, 0.25) is 0 Å². The van der Waals surface area contributed by atoms with Gasteiger partial charge in [-0.2, -0.15) is 0 Å². The quantitative estimate of drug-likeness (QED) is 0.690. The number of benzene rings is 2. The smallest absolute Gasteiger partial charge is 0.255 e. The van der Waals surface area contributed by atoms with Gasteiger partial charge in [-0.05, 0) is 81.6 Å². The van der Waals surface area contributed by atoms with Gasteiger partial charge in [0.25, 0.3) is 11.8 Å². The highest BCUT2D eigenvalue weighted by Crippen LogP contribution is 2.22. The zero-order valence-electron chi connectivity index (χ0n) is 16.2. The lowest BCUT2D eigenvalue weighted by atomic mass is 9.98. The Morgan fingerprint density at radius 3 is 2.54 bits per heavy atom. The predicted molar refractivity (Wildman–Crippen MR) is 113 cm³/mol. The summed E-state index contributed by atoms with van der Waals surface area (Å²) in [5, 5.41) is 9.37. The van der Waals surface area contributed by atoms with E-state index in [-0.39, 0.29) is 17.9 Å². The van der Waals surface area contributed by atoms with E-state index in [0.29, 0.717) is 27.8 Å². The molecule has 1 heterocycles. The molecule has 1 fully saturated rings. The summed E-state index contributed by atoms with van der Waals surface area (Å²) in [6.45, 7) is 5.91. The summed E-state index contributed by atoms with van der Waals surface area (Å²) in [4.78, 5) is 24.8. The van der Waals surface area contributed by atoms with Crippen LogP contribution in [0.5, 0.6) is 0 Å². The Bertz CT molecular complexity index is 843. The van der Waals surface area contributed by atoms with E-state index >= 15 is 0 Å². The first-order chi connectivity index (χ1) is 13.4. The minimum Gasteiger partial charge on any atom is -0.350 e. The first-order valence-electron chi connectivity index (χ1n) is 9.64. The number of halogens is 1. The van der Waals surface area contributed by atoms with Gasteiger partial charge in [-0.15, -0.1) is 0 Å². The van der Waals surface area contributed by atoms with Crippen LogP contribution in [0.25, 0.3) is 0 Å². The summed E-state index contributed by atoms with van der Waals surface area (Å²) < 4.78 is 0. The number of carbonyl (C=O) groups is 2. The lowest BCUT2D eigenvalue weighted by molar-refractivity contribution is 0.0942. The van der Waals surface area contributed by atoms with Gasteiger partial charge in [-0.3, -0.25) is 9.59 Å². The molecule has 0 saturated carbocycles. The molecule has 6 heteroatoms. The average molecular weight is 400 g/mol. The lowest BCUT2D eigenvalue weighted by Gasteiger charge is -2.12. The van der Waals surface area contributed by atoms with Gasteiger partial charge in [0.15, 0.2) is 0 Å². The molecule has 1 aliphatic heterocycles. The molecule has 1 aliphatic rings. The van der Waals surface area contributed by atoms with Crippen molar-refractivity contribution in [2.45, 2.75) is 32.7 Å². The number of carbonyl (C=O) groups excluding carboxylic acids is 2. The third-order valence-electron chi connectivity index (χ3n) is 4.79. The fourth-order valence-electron chi connectivity index (χ4n) is 3.33. The topological polar surface area (TPSA) is 70.2 Å². The van der Waals surface area contributed by atoms with Crippen LogP contribution in [0.3, 0.4) is 0 Å². The standard InChI is InChI=1S/C22H26ClN3O2/c1-14(2)25-22(28)19-12-18(7-8-20(19)23)26-21(27)17-5-3-15(4-6-17)11-16-9-10-24-13-16/h3-8,12,14,16,24H,9-11,13H2,1-2H3,(H,25,28)(H,26,27). The Hall–Kier alpha value is -2.37. The van der Waals surface area contributed by atoms with Crippen LogP contribution in [0.15, 0.2) is 42.5 Å². The molecule has 1 saturated heterocycles. The number of amides is 2.